The Balaban J connectivity index is 2.36. The molecule has 0 spiro atoms. The number of piperazine rings is 1. The minimum Gasteiger partial charge on any atom is -0.326 e. The van der Waals surface area contributed by atoms with Crippen molar-refractivity contribution >= 4 is 0 Å². The van der Waals surface area contributed by atoms with Gasteiger partial charge in [-0.2, -0.15) is 0 Å². The van der Waals surface area contributed by atoms with Gasteiger partial charge in [-0.1, -0.05) is 13.3 Å². The van der Waals surface area contributed by atoms with Crippen LogP contribution in [-0.2, 0) is 0 Å². The minimum absolute atomic E-state index is 0.341. The Labute approximate surface area is 75.3 Å². The summed E-state index contributed by atoms with van der Waals surface area (Å²) in [6.07, 6.45) is 2.32. The standard InChI is InChI=1S/C9H21N3/c1-3-4-8(10)9-7-11-5-6-12(9)2/h8-9,11H,3-7,10H2,1-2H3. The highest BCUT2D eigenvalue weighted by atomic mass is 15.2. The summed E-state index contributed by atoms with van der Waals surface area (Å²) >= 11 is 0. The molecule has 12 heavy (non-hydrogen) atoms. The molecular weight excluding hydrogens is 150 g/mol. The van der Waals surface area contributed by atoms with Crippen LogP contribution in [-0.4, -0.2) is 43.7 Å². The van der Waals surface area contributed by atoms with Crippen LogP contribution in [0.1, 0.15) is 19.8 Å². The molecule has 0 aromatic rings. The summed E-state index contributed by atoms with van der Waals surface area (Å²) in [6, 6.07) is 0.881. The molecule has 1 heterocycles. The fraction of sp³-hybridized carbons (Fsp3) is 1.00. The van der Waals surface area contributed by atoms with Crippen LogP contribution >= 0.6 is 0 Å². The van der Waals surface area contributed by atoms with E-state index < -0.39 is 0 Å². The molecule has 72 valence electrons. The summed E-state index contributed by atoms with van der Waals surface area (Å²) in [7, 11) is 2.17. The van der Waals surface area contributed by atoms with E-state index >= 15 is 0 Å². The molecule has 1 saturated heterocycles. The van der Waals surface area contributed by atoms with E-state index in [4.69, 9.17) is 5.73 Å². The Hall–Kier alpha value is -0.120. The average molecular weight is 171 g/mol. The lowest BCUT2D eigenvalue weighted by Gasteiger charge is -2.36. The van der Waals surface area contributed by atoms with Crippen molar-refractivity contribution in [1.82, 2.24) is 10.2 Å². The second-order valence-corrected chi connectivity index (χ2v) is 3.70. The van der Waals surface area contributed by atoms with Gasteiger partial charge in [-0.05, 0) is 13.5 Å². The van der Waals surface area contributed by atoms with Gasteiger partial charge in [0.05, 0.1) is 0 Å². The molecular formula is C9H21N3. The van der Waals surface area contributed by atoms with Crippen molar-refractivity contribution in [3.63, 3.8) is 0 Å². The molecule has 0 amide bonds. The van der Waals surface area contributed by atoms with Gasteiger partial charge in [-0.3, -0.25) is 4.90 Å². The summed E-state index contributed by atoms with van der Waals surface area (Å²) in [5, 5.41) is 3.38. The van der Waals surface area contributed by atoms with E-state index in [1.165, 1.54) is 6.42 Å². The second kappa shape index (κ2) is 4.80. The molecule has 0 radical (unpaired) electrons. The maximum atomic E-state index is 6.07. The van der Waals surface area contributed by atoms with Gasteiger partial charge in [-0.15, -0.1) is 0 Å². The van der Waals surface area contributed by atoms with Gasteiger partial charge in [0.1, 0.15) is 0 Å². The number of nitrogens with two attached hydrogens (primary N) is 1. The first kappa shape index (κ1) is 9.96. The van der Waals surface area contributed by atoms with Crippen LogP contribution in [0.25, 0.3) is 0 Å². The molecule has 1 fully saturated rings. The van der Waals surface area contributed by atoms with E-state index in [1.807, 2.05) is 0 Å². The molecule has 0 aliphatic carbocycles. The zero-order valence-corrected chi connectivity index (χ0v) is 8.21. The van der Waals surface area contributed by atoms with Gasteiger partial charge in [0, 0.05) is 31.7 Å². The largest absolute Gasteiger partial charge is 0.326 e. The topological polar surface area (TPSA) is 41.3 Å². The molecule has 1 aliphatic heterocycles. The molecule has 3 nitrogen and oxygen atoms in total. The van der Waals surface area contributed by atoms with Crippen LogP contribution in [0.4, 0.5) is 0 Å². The van der Waals surface area contributed by atoms with Crippen LogP contribution in [0.2, 0.25) is 0 Å². The van der Waals surface area contributed by atoms with Crippen molar-refractivity contribution in [2.75, 3.05) is 26.7 Å². The number of hydrogen-bond acceptors (Lipinski definition) is 3. The van der Waals surface area contributed by atoms with E-state index in [0.29, 0.717) is 12.1 Å². The quantitative estimate of drug-likeness (QED) is 0.629. The van der Waals surface area contributed by atoms with Gasteiger partial charge >= 0.3 is 0 Å². The van der Waals surface area contributed by atoms with E-state index in [2.05, 4.69) is 24.2 Å². The Morgan fingerprint density at radius 3 is 3.00 bits per heavy atom. The summed E-state index contributed by atoms with van der Waals surface area (Å²) < 4.78 is 0. The molecule has 0 aromatic carbocycles. The Morgan fingerprint density at radius 1 is 1.67 bits per heavy atom. The lowest BCUT2D eigenvalue weighted by atomic mass is 10.0. The summed E-state index contributed by atoms with van der Waals surface area (Å²) in [6.45, 7) is 5.47. The first-order valence-electron chi connectivity index (χ1n) is 4.92. The van der Waals surface area contributed by atoms with Crippen molar-refractivity contribution < 1.29 is 0 Å². The van der Waals surface area contributed by atoms with E-state index in [-0.39, 0.29) is 0 Å². The van der Waals surface area contributed by atoms with Gasteiger partial charge in [-0.25, -0.2) is 0 Å². The highest BCUT2D eigenvalue weighted by Crippen LogP contribution is 2.07. The van der Waals surface area contributed by atoms with Crippen molar-refractivity contribution in [3.05, 3.63) is 0 Å². The van der Waals surface area contributed by atoms with E-state index in [9.17, 15) is 0 Å². The number of rotatable bonds is 3. The molecule has 2 unspecified atom stereocenters. The number of nitrogens with zero attached hydrogens (tertiary/aromatic N) is 1. The van der Waals surface area contributed by atoms with Crippen LogP contribution in [0.3, 0.4) is 0 Å². The zero-order valence-electron chi connectivity index (χ0n) is 8.21. The molecule has 3 heteroatoms. The highest BCUT2D eigenvalue weighted by molar-refractivity contribution is 4.85. The lowest BCUT2D eigenvalue weighted by molar-refractivity contribution is 0.169. The molecule has 1 rings (SSSR count). The first-order valence-corrected chi connectivity index (χ1v) is 4.92. The van der Waals surface area contributed by atoms with Crippen LogP contribution in [0.5, 0.6) is 0 Å². The summed E-state index contributed by atoms with van der Waals surface area (Å²) in [5.74, 6) is 0. The highest BCUT2D eigenvalue weighted by Gasteiger charge is 2.23. The second-order valence-electron chi connectivity index (χ2n) is 3.70. The first-order chi connectivity index (χ1) is 5.75. The average Bonchev–Trinajstić information content (AvgIpc) is 2.05. The molecule has 0 bridgehead atoms. The number of hydrogen-bond donors (Lipinski definition) is 2. The van der Waals surface area contributed by atoms with Gasteiger partial charge < -0.3 is 11.1 Å². The van der Waals surface area contributed by atoms with Crippen LogP contribution < -0.4 is 11.1 Å². The van der Waals surface area contributed by atoms with E-state index in [0.717, 1.165) is 26.1 Å². The predicted molar refractivity (Wildman–Crippen MR) is 52.2 cm³/mol. The zero-order chi connectivity index (χ0) is 8.97. The van der Waals surface area contributed by atoms with Gasteiger partial charge in [0.2, 0.25) is 0 Å². The molecule has 0 saturated carbocycles. The predicted octanol–water partition coefficient (Wildman–Crippen LogP) is 0.0174. The number of nitrogens with one attached hydrogen (secondary N) is 1. The smallest absolute Gasteiger partial charge is 0.0369 e. The minimum atomic E-state index is 0.341. The third kappa shape index (κ3) is 2.44. The van der Waals surface area contributed by atoms with Crippen LogP contribution in [0.15, 0.2) is 0 Å². The van der Waals surface area contributed by atoms with Crippen LogP contribution in [0, 0.1) is 0 Å². The maximum absolute atomic E-state index is 6.07. The monoisotopic (exact) mass is 171 g/mol. The molecule has 1 aliphatic rings. The van der Waals surface area contributed by atoms with Gasteiger partial charge in [0.25, 0.3) is 0 Å². The van der Waals surface area contributed by atoms with Crippen molar-refractivity contribution in [2.24, 2.45) is 5.73 Å². The van der Waals surface area contributed by atoms with E-state index in [1.54, 1.807) is 0 Å². The Kier molecular flexibility index (Phi) is 3.98. The SMILES string of the molecule is CCCC(N)C1CNCCN1C. The van der Waals surface area contributed by atoms with Crippen molar-refractivity contribution in [1.29, 1.82) is 0 Å². The third-order valence-electron chi connectivity index (χ3n) is 2.68. The third-order valence-corrected chi connectivity index (χ3v) is 2.68. The Bertz CT molecular complexity index is 127. The molecule has 3 N–H and O–H groups in total. The maximum Gasteiger partial charge on any atom is 0.0369 e. The fourth-order valence-electron chi connectivity index (χ4n) is 1.83. The summed E-state index contributed by atoms with van der Waals surface area (Å²) in [4.78, 5) is 2.37. The summed E-state index contributed by atoms with van der Waals surface area (Å²) in [5.41, 5.74) is 6.07. The van der Waals surface area contributed by atoms with Crippen molar-refractivity contribution in [2.45, 2.75) is 31.8 Å². The van der Waals surface area contributed by atoms with Crippen molar-refractivity contribution in [3.8, 4) is 0 Å². The van der Waals surface area contributed by atoms with Gasteiger partial charge in [0.15, 0.2) is 0 Å². The number of likely N-dealkylation sites (N-methyl/N-ethyl adjacent to an activating group) is 1. The molecule has 0 aromatic heterocycles. The normalized spacial score (nSPS) is 28.8. The molecule has 2 atom stereocenters. The Morgan fingerprint density at radius 2 is 2.42 bits per heavy atom. The fourth-order valence-corrected chi connectivity index (χ4v) is 1.83. The lowest BCUT2D eigenvalue weighted by Crippen LogP contribution is -2.57.